The van der Waals surface area contributed by atoms with Crippen molar-refractivity contribution in [3.63, 3.8) is 0 Å². The van der Waals surface area contributed by atoms with Crippen LogP contribution in [0.1, 0.15) is 35.7 Å². The summed E-state index contributed by atoms with van der Waals surface area (Å²) in [6.07, 6.45) is 0.996. The highest BCUT2D eigenvalue weighted by Crippen LogP contribution is 2.23. The Bertz CT molecular complexity index is 726. The predicted octanol–water partition coefficient (Wildman–Crippen LogP) is 4.76. The summed E-state index contributed by atoms with van der Waals surface area (Å²) in [4.78, 5) is 23.2. The summed E-state index contributed by atoms with van der Waals surface area (Å²) in [5, 5.41) is 2.88. The lowest BCUT2D eigenvalue weighted by Crippen LogP contribution is -2.13. The Morgan fingerprint density at radius 2 is 1.83 bits per heavy atom. The molecule has 1 amide bonds. The average Bonchev–Trinajstić information content (AvgIpc) is 2.55. The zero-order valence-corrected chi connectivity index (χ0v) is 15.4. The van der Waals surface area contributed by atoms with Gasteiger partial charge in [0.15, 0.2) is 5.78 Å². The largest absolute Gasteiger partial charge is 0.494 e. The van der Waals surface area contributed by atoms with Gasteiger partial charge in [0.1, 0.15) is 5.75 Å². The molecule has 0 saturated carbocycles. The van der Waals surface area contributed by atoms with Gasteiger partial charge in [-0.15, -0.1) is 0 Å². The van der Waals surface area contributed by atoms with Crippen molar-refractivity contribution in [1.82, 2.24) is 0 Å². The first kappa shape index (κ1) is 18.2. The van der Waals surface area contributed by atoms with E-state index in [1.54, 1.807) is 24.3 Å². The van der Waals surface area contributed by atoms with Gasteiger partial charge in [0, 0.05) is 16.5 Å². The quantitative estimate of drug-likeness (QED) is 0.548. The highest BCUT2D eigenvalue weighted by molar-refractivity contribution is 9.10. The first-order valence-corrected chi connectivity index (χ1v) is 8.55. The zero-order chi connectivity index (χ0) is 17.5. The number of carbonyl (C=O) groups excluding carboxylic acids is 2. The molecule has 0 heterocycles. The van der Waals surface area contributed by atoms with Crippen LogP contribution in [0.4, 0.5) is 5.69 Å². The van der Waals surface area contributed by atoms with Gasteiger partial charge in [0.2, 0.25) is 5.91 Å². The van der Waals surface area contributed by atoms with Gasteiger partial charge in [-0.2, -0.15) is 0 Å². The molecule has 4 nitrogen and oxygen atoms in total. The second-order valence-electron chi connectivity index (χ2n) is 5.56. The van der Waals surface area contributed by atoms with Crippen LogP contribution in [0.3, 0.4) is 0 Å². The van der Waals surface area contributed by atoms with Gasteiger partial charge in [-0.25, -0.2) is 0 Å². The molecule has 0 aliphatic carbocycles. The lowest BCUT2D eigenvalue weighted by molar-refractivity contribution is -0.116. The second kappa shape index (κ2) is 8.64. The number of ketones is 1. The normalized spacial score (nSPS) is 10.3. The molecule has 0 fully saturated rings. The van der Waals surface area contributed by atoms with Gasteiger partial charge in [-0.3, -0.25) is 9.59 Å². The third kappa shape index (κ3) is 5.49. The molecule has 0 aliphatic heterocycles. The molecule has 2 aromatic carbocycles. The van der Waals surface area contributed by atoms with Crippen LogP contribution in [-0.2, 0) is 4.79 Å². The summed E-state index contributed by atoms with van der Waals surface area (Å²) < 4.78 is 6.45. The van der Waals surface area contributed by atoms with E-state index in [9.17, 15) is 9.59 Å². The van der Waals surface area contributed by atoms with Crippen molar-refractivity contribution in [1.29, 1.82) is 0 Å². The highest BCUT2D eigenvalue weighted by atomic mass is 79.9. The van der Waals surface area contributed by atoms with Crippen molar-refractivity contribution < 1.29 is 14.3 Å². The van der Waals surface area contributed by atoms with E-state index in [0.29, 0.717) is 30.8 Å². The van der Waals surface area contributed by atoms with E-state index in [1.165, 1.54) is 6.92 Å². The molecule has 0 radical (unpaired) electrons. The molecular formula is C19H20BrNO3. The van der Waals surface area contributed by atoms with Gasteiger partial charge >= 0.3 is 0 Å². The van der Waals surface area contributed by atoms with Crippen molar-refractivity contribution >= 4 is 33.3 Å². The lowest BCUT2D eigenvalue weighted by atomic mass is 10.1. The fourth-order valence-electron chi connectivity index (χ4n) is 2.14. The molecule has 2 rings (SSSR count). The number of rotatable bonds is 7. The monoisotopic (exact) mass is 389 g/mol. The summed E-state index contributed by atoms with van der Waals surface area (Å²) >= 11 is 3.44. The van der Waals surface area contributed by atoms with Crippen molar-refractivity contribution in [2.24, 2.45) is 0 Å². The molecule has 2 aromatic rings. The maximum atomic E-state index is 12.0. The fraction of sp³-hybridized carbons (Fsp3) is 0.263. The van der Waals surface area contributed by atoms with Crippen LogP contribution >= 0.6 is 15.9 Å². The van der Waals surface area contributed by atoms with Crippen LogP contribution in [0.2, 0.25) is 0 Å². The summed E-state index contributed by atoms with van der Waals surface area (Å²) in [5.74, 6) is 0.678. The number of Topliss-reactive ketones (excluding diaryl/α,β-unsaturated/α-hetero) is 1. The molecule has 0 aliphatic rings. The third-order valence-electron chi connectivity index (χ3n) is 3.48. The molecule has 0 aromatic heterocycles. The first-order chi connectivity index (χ1) is 11.5. The van der Waals surface area contributed by atoms with Crippen molar-refractivity contribution in [3.8, 4) is 5.75 Å². The summed E-state index contributed by atoms with van der Waals surface area (Å²) in [5.41, 5.74) is 2.56. The molecule has 1 N–H and O–H groups in total. The first-order valence-electron chi connectivity index (χ1n) is 7.75. The van der Waals surface area contributed by atoms with Crippen LogP contribution in [0.25, 0.3) is 0 Å². The predicted molar refractivity (Wildman–Crippen MR) is 98.7 cm³/mol. The average molecular weight is 390 g/mol. The number of nitrogens with one attached hydrogen (secondary N) is 1. The van der Waals surface area contributed by atoms with Crippen molar-refractivity contribution in [3.05, 3.63) is 58.1 Å². The van der Waals surface area contributed by atoms with Crippen LogP contribution in [0, 0.1) is 6.92 Å². The topological polar surface area (TPSA) is 55.4 Å². The van der Waals surface area contributed by atoms with Crippen molar-refractivity contribution in [2.75, 3.05) is 11.9 Å². The summed E-state index contributed by atoms with van der Waals surface area (Å²) in [7, 11) is 0. The number of hydrogen-bond acceptors (Lipinski definition) is 3. The molecule has 24 heavy (non-hydrogen) atoms. The van der Waals surface area contributed by atoms with E-state index >= 15 is 0 Å². The molecule has 0 bridgehead atoms. The third-order valence-corrected chi connectivity index (χ3v) is 4.13. The standard InChI is InChI=1S/C19H20BrNO3/c1-13-5-10-18(17(20)12-13)21-19(23)4-3-11-24-16-8-6-15(7-9-16)14(2)22/h5-10,12H,3-4,11H2,1-2H3,(H,21,23). The van der Waals surface area contributed by atoms with Crippen molar-refractivity contribution in [2.45, 2.75) is 26.7 Å². The summed E-state index contributed by atoms with van der Waals surface area (Å²) in [6.45, 7) is 3.97. The Labute approximate surface area is 150 Å². The Kier molecular flexibility index (Phi) is 6.55. The van der Waals surface area contributed by atoms with Gasteiger partial charge in [-0.1, -0.05) is 6.07 Å². The van der Waals surface area contributed by atoms with Crippen LogP contribution in [0.5, 0.6) is 5.75 Å². The Morgan fingerprint density at radius 1 is 1.12 bits per heavy atom. The van der Waals surface area contributed by atoms with Gasteiger partial charge < -0.3 is 10.1 Å². The van der Waals surface area contributed by atoms with Gasteiger partial charge in [0.05, 0.1) is 12.3 Å². The second-order valence-corrected chi connectivity index (χ2v) is 6.42. The minimum atomic E-state index is -0.0462. The minimum absolute atomic E-state index is 0.0282. The zero-order valence-electron chi connectivity index (χ0n) is 13.8. The molecule has 0 unspecified atom stereocenters. The molecule has 0 spiro atoms. The Balaban J connectivity index is 1.73. The molecular weight excluding hydrogens is 370 g/mol. The van der Waals surface area contributed by atoms with Gasteiger partial charge in [-0.05, 0) is 78.2 Å². The number of carbonyl (C=O) groups is 2. The number of benzene rings is 2. The fourth-order valence-corrected chi connectivity index (χ4v) is 2.74. The van der Waals surface area contributed by atoms with Crippen LogP contribution in [0.15, 0.2) is 46.9 Å². The molecule has 126 valence electrons. The molecule has 0 saturated heterocycles. The maximum absolute atomic E-state index is 12.0. The Morgan fingerprint density at radius 3 is 2.46 bits per heavy atom. The smallest absolute Gasteiger partial charge is 0.224 e. The SMILES string of the molecule is CC(=O)c1ccc(OCCCC(=O)Nc2ccc(C)cc2Br)cc1. The number of aryl methyl sites for hydroxylation is 1. The molecule has 5 heteroatoms. The number of hydrogen-bond donors (Lipinski definition) is 1. The van der Waals surface area contributed by atoms with Gasteiger partial charge in [0.25, 0.3) is 0 Å². The lowest BCUT2D eigenvalue weighted by Gasteiger charge is -2.09. The maximum Gasteiger partial charge on any atom is 0.224 e. The molecule has 0 atom stereocenters. The number of amides is 1. The van der Waals surface area contributed by atoms with E-state index in [2.05, 4.69) is 21.2 Å². The number of anilines is 1. The Hall–Kier alpha value is -2.14. The summed E-state index contributed by atoms with van der Waals surface area (Å²) in [6, 6.07) is 12.8. The van der Waals surface area contributed by atoms with E-state index in [0.717, 1.165) is 15.7 Å². The highest BCUT2D eigenvalue weighted by Gasteiger charge is 2.06. The number of ether oxygens (including phenoxy) is 1. The van der Waals surface area contributed by atoms with E-state index in [-0.39, 0.29) is 11.7 Å². The van der Waals surface area contributed by atoms with Crippen LogP contribution < -0.4 is 10.1 Å². The van der Waals surface area contributed by atoms with E-state index in [4.69, 9.17) is 4.74 Å². The number of halogens is 1. The van der Waals surface area contributed by atoms with E-state index < -0.39 is 0 Å². The van der Waals surface area contributed by atoms with E-state index in [1.807, 2.05) is 25.1 Å². The minimum Gasteiger partial charge on any atom is -0.494 e. The van der Waals surface area contributed by atoms with Crippen LogP contribution in [-0.4, -0.2) is 18.3 Å².